The number of carboxylic acid groups (broad SMARTS) is 1. The molecule has 1 rings (SSSR count). The molecule has 0 heterocycles. The third-order valence-electron chi connectivity index (χ3n) is 2.50. The molecule has 0 unspecified atom stereocenters. The molecular formula is C14H16Cl3NO4. The van der Waals surface area contributed by atoms with Crippen molar-refractivity contribution in [3.63, 3.8) is 0 Å². The molecule has 22 heavy (non-hydrogen) atoms. The molecule has 0 aliphatic heterocycles. The first kappa shape index (κ1) is 18.9. The molecular weight excluding hydrogens is 353 g/mol. The summed E-state index contributed by atoms with van der Waals surface area (Å²) in [7, 11) is 0. The van der Waals surface area contributed by atoms with Gasteiger partial charge >= 0.3 is 12.1 Å². The first-order valence-corrected chi connectivity index (χ1v) is 7.48. The van der Waals surface area contributed by atoms with Crippen molar-refractivity contribution in [3.8, 4) is 0 Å². The summed E-state index contributed by atoms with van der Waals surface area (Å²) in [6.45, 7) is 5.04. The van der Waals surface area contributed by atoms with E-state index in [0.29, 0.717) is 5.56 Å². The van der Waals surface area contributed by atoms with Crippen LogP contribution in [0.15, 0.2) is 12.1 Å². The highest BCUT2D eigenvalue weighted by Crippen LogP contribution is 2.29. The SMILES string of the molecule is CC(C)(C)OC(=O)N[C@H](Cc1cc(Cl)c(Cl)cc1Cl)C(=O)O. The quantitative estimate of drug-likeness (QED) is 0.782. The van der Waals surface area contributed by atoms with Crippen molar-refractivity contribution in [3.05, 3.63) is 32.8 Å². The minimum absolute atomic E-state index is 0.0513. The van der Waals surface area contributed by atoms with Crippen LogP contribution in [0, 0.1) is 0 Å². The van der Waals surface area contributed by atoms with Crippen molar-refractivity contribution in [1.29, 1.82) is 0 Å². The van der Waals surface area contributed by atoms with Crippen LogP contribution in [0.3, 0.4) is 0 Å². The van der Waals surface area contributed by atoms with E-state index in [1.807, 2.05) is 0 Å². The topological polar surface area (TPSA) is 75.6 Å². The number of carboxylic acids is 1. The van der Waals surface area contributed by atoms with E-state index in [1.54, 1.807) is 20.8 Å². The third-order valence-corrected chi connectivity index (χ3v) is 3.58. The van der Waals surface area contributed by atoms with Crippen LogP contribution in [0.5, 0.6) is 0 Å². The van der Waals surface area contributed by atoms with Gasteiger partial charge in [-0.25, -0.2) is 9.59 Å². The molecule has 8 heteroatoms. The Labute approximate surface area is 143 Å². The van der Waals surface area contributed by atoms with Gasteiger partial charge in [-0.15, -0.1) is 0 Å². The van der Waals surface area contributed by atoms with E-state index in [1.165, 1.54) is 12.1 Å². The summed E-state index contributed by atoms with van der Waals surface area (Å²) in [4.78, 5) is 23.0. The van der Waals surface area contributed by atoms with E-state index >= 15 is 0 Å². The smallest absolute Gasteiger partial charge is 0.408 e. The van der Waals surface area contributed by atoms with Crippen LogP contribution < -0.4 is 5.32 Å². The average Bonchev–Trinajstić information content (AvgIpc) is 2.32. The fourth-order valence-corrected chi connectivity index (χ4v) is 2.24. The zero-order valence-corrected chi connectivity index (χ0v) is 14.5. The third kappa shape index (κ3) is 5.91. The Balaban J connectivity index is 2.88. The number of carbonyl (C=O) groups excluding carboxylic acids is 1. The highest BCUT2D eigenvalue weighted by atomic mass is 35.5. The molecule has 0 aromatic heterocycles. The molecule has 1 amide bonds. The van der Waals surface area contributed by atoms with Gasteiger partial charge in [0.05, 0.1) is 10.0 Å². The Morgan fingerprint density at radius 1 is 1.18 bits per heavy atom. The largest absolute Gasteiger partial charge is 0.480 e. The summed E-state index contributed by atoms with van der Waals surface area (Å²) in [5, 5.41) is 12.3. The lowest BCUT2D eigenvalue weighted by molar-refractivity contribution is -0.139. The molecule has 0 aliphatic carbocycles. The van der Waals surface area contributed by atoms with Crippen LogP contribution in [0.25, 0.3) is 0 Å². The second kappa shape index (κ2) is 7.40. The molecule has 0 saturated heterocycles. The lowest BCUT2D eigenvalue weighted by atomic mass is 10.1. The number of alkyl carbamates (subject to hydrolysis) is 1. The van der Waals surface area contributed by atoms with Crippen molar-refractivity contribution in [2.24, 2.45) is 0 Å². The highest BCUT2D eigenvalue weighted by molar-refractivity contribution is 6.43. The molecule has 122 valence electrons. The number of nitrogens with one attached hydrogen (secondary N) is 1. The Bertz CT molecular complexity index is 584. The van der Waals surface area contributed by atoms with Gasteiger partial charge in [-0.3, -0.25) is 0 Å². The van der Waals surface area contributed by atoms with Gasteiger partial charge in [-0.05, 0) is 38.5 Å². The number of carbonyl (C=O) groups is 2. The van der Waals surface area contributed by atoms with Crippen molar-refractivity contribution in [1.82, 2.24) is 5.32 Å². The number of benzene rings is 1. The first-order valence-electron chi connectivity index (χ1n) is 6.35. The van der Waals surface area contributed by atoms with Gasteiger partial charge in [0.1, 0.15) is 11.6 Å². The van der Waals surface area contributed by atoms with Crippen molar-refractivity contribution in [2.45, 2.75) is 38.8 Å². The summed E-state index contributed by atoms with van der Waals surface area (Å²) in [5.41, 5.74) is -0.270. The van der Waals surface area contributed by atoms with Crippen molar-refractivity contribution in [2.75, 3.05) is 0 Å². The van der Waals surface area contributed by atoms with E-state index in [9.17, 15) is 14.7 Å². The lowest BCUT2D eigenvalue weighted by Gasteiger charge is -2.22. The molecule has 0 radical (unpaired) electrons. The molecule has 0 aliphatic rings. The Morgan fingerprint density at radius 2 is 1.73 bits per heavy atom. The summed E-state index contributed by atoms with van der Waals surface area (Å²) in [6.07, 6.45) is -0.874. The minimum Gasteiger partial charge on any atom is -0.480 e. The Morgan fingerprint density at radius 3 is 2.23 bits per heavy atom. The molecule has 5 nitrogen and oxygen atoms in total. The zero-order chi connectivity index (χ0) is 17.1. The lowest BCUT2D eigenvalue weighted by Crippen LogP contribution is -2.44. The fourth-order valence-electron chi connectivity index (χ4n) is 1.59. The van der Waals surface area contributed by atoms with Gasteiger partial charge in [-0.1, -0.05) is 34.8 Å². The summed E-state index contributed by atoms with van der Waals surface area (Å²) in [6, 6.07) is 1.69. The predicted molar refractivity (Wildman–Crippen MR) is 86.0 cm³/mol. The number of hydrogen-bond donors (Lipinski definition) is 2. The number of rotatable bonds is 4. The van der Waals surface area contributed by atoms with E-state index in [4.69, 9.17) is 39.5 Å². The Kier molecular flexibility index (Phi) is 6.35. The van der Waals surface area contributed by atoms with Gasteiger partial charge < -0.3 is 15.2 Å². The van der Waals surface area contributed by atoms with E-state index in [2.05, 4.69) is 5.32 Å². The highest BCUT2D eigenvalue weighted by Gasteiger charge is 2.25. The second-order valence-electron chi connectivity index (χ2n) is 5.60. The molecule has 2 N–H and O–H groups in total. The summed E-state index contributed by atoms with van der Waals surface area (Å²) in [5.74, 6) is -1.21. The number of halogens is 3. The van der Waals surface area contributed by atoms with Crippen LogP contribution in [0.2, 0.25) is 15.1 Å². The van der Waals surface area contributed by atoms with E-state index in [-0.39, 0.29) is 21.5 Å². The molecule has 0 saturated carbocycles. The van der Waals surface area contributed by atoms with E-state index < -0.39 is 23.7 Å². The monoisotopic (exact) mass is 367 g/mol. The fraction of sp³-hybridized carbons (Fsp3) is 0.429. The maximum atomic E-state index is 11.7. The molecule has 1 aromatic carbocycles. The van der Waals surface area contributed by atoms with Gasteiger partial charge in [0.15, 0.2) is 0 Å². The average molecular weight is 369 g/mol. The number of aliphatic carboxylic acids is 1. The molecule has 0 bridgehead atoms. The van der Waals surface area contributed by atoms with Gasteiger partial charge in [0, 0.05) is 11.4 Å². The van der Waals surface area contributed by atoms with Gasteiger partial charge in [0.25, 0.3) is 0 Å². The maximum absolute atomic E-state index is 11.7. The second-order valence-corrected chi connectivity index (χ2v) is 6.82. The molecule has 0 fully saturated rings. The van der Waals surface area contributed by atoms with E-state index in [0.717, 1.165) is 0 Å². The van der Waals surface area contributed by atoms with Crippen LogP contribution >= 0.6 is 34.8 Å². The van der Waals surface area contributed by atoms with Crippen molar-refractivity contribution < 1.29 is 19.4 Å². The van der Waals surface area contributed by atoms with Crippen LogP contribution in [0.1, 0.15) is 26.3 Å². The maximum Gasteiger partial charge on any atom is 0.408 e. The first-order chi connectivity index (χ1) is 9.99. The molecule has 1 atom stereocenters. The van der Waals surface area contributed by atoms with Gasteiger partial charge in [0.2, 0.25) is 0 Å². The Hall–Kier alpha value is -1.17. The van der Waals surface area contributed by atoms with Crippen LogP contribution in [-0.4, -0.2) is 28.8 Å². The molecule has 0 spiro atoms. The van der Waals surface area contributed by atoms with Crippen LogP contribution in [-0.2, 0) is 16.0 Å². The van der Waals surface area contributed by atoms with Crippen LogP contribution in [0.4, 0.5) is 4.79 Å². The number of amides is 1. The summed E-state index contributed by atoms with van der Waals surface area (Å²) >= 11 is 17.7. The van der Waals surface area contributed by atoms with Gasteiger partial charge in [-0.2, -0.15) is 0 Å². The predicted octanol–water partition coefficient (Wildman–Crippen LogP) is 4.17. The van der Waals surface area contributed by atoms with Crippen molar-refractivity contribution >= 4 is 46.9 Å². The molecule has 1 aromatic rings. The number of ether oxygens (including phenoxy) is 1. The minimum atomic E-state index is -1.21. The normalized spacial score (nSPS) is 12.6. The summed E-state index contributed by atoms with van der Waals surface area (Å²) < 4.78 is 5.04. The number of hydrogen-bond acceptors (Lipinski definition) is 3. The standard InChI is InChI=1S/C14H16Cl3NO4/c1-14(2,3)22-13(21)18-11(12(19)20)5-7-4-9(16)10(17)6-8(7)15/h4,6,11H,5H2,1-3H3,(H,18,21)(H,19,20)/t11-/m1/s1. The zero-order valence-electron chi connectivity index (χ0n) is 12.2.